The molecule has 1 atom stereocenters. The van der Waals surface area contributed by atoms with Crippen molar-refractivity contribution in [2.24, 2.45) is 0 Å². The Morgan fingerprint density at radius 3 is 2.48 bits per heavy atom. The van der Waals surface area contributed by atoms with E-state index in [0.717, 1.165) is 28.9 Å². The largest absolute Gasteiger partial charge is 0.493 e. The summed E-state index contributed by atoms with van der Waals surface area (Å²) in [5.41, 5.74) is 4.23. The second-order valence-corrected chi connectivity index (χ2v) is 6.30. The molecule has 0 aromatic heterocycles. The number of hydrogen-bond donors (Lipinski definition) is 1. The summed E-state index contributed by atoms with van der Waals surface area (Å²) in [6.45, 7) is 2.05. The molecule has 0 saturated heterocycles. The summed E-state index contributed by atoms with van der Waals surface area (Å²) in [7, 11) is 3.24. The third-order valence-corrected chi connectivity index (χ3v) is 4.57. The van der Waals surface area contributed by atoms with Crippen LogP contribution in [0.5, 0.6) is 11.5 Å². The fourth-order valence-corrected chi connectivity index (χ4v) is 3.21. The molecule has 0 spiro atoms. The highest BCUT2D eigenvalue weighted by atomic mass is 16.5. The number of aryl methyl sites for hydroxylation is 1. The van der Waals surface area contributed by atoms with Crippen LogP contribution in [0.25, 0.3) is 0 Å². The Morgan fingerprint density at radius 2 is 1.76 bits per heavy atom. The average Bonchev–Trinajstić information content (AvgIpc) is 2.62. The molecule has 4 nitrogen and oxygen atoms in total. The highest BCUT2D eigenvalue weighted by Crippen LogP contribution is 2.36. The number of carbonyl (C=O) groups excluding carboxylic acids is 1. The van der Waals surface area contributed by atoms with Crippen LogP contribution in [0.15, 0.2) is 54.2 Å². The zero-order chi connectivity index (χ0) is 17.8. The number of carbonyl (C=O) groups is 1. The molecule has 0 aliphatic heterocycles. The maximum Gasteiger partial charge on any atom is 0.160 e. The van der Waals surface area contributed by atoms with Crippen LogP contribution in [-0.4, -0.2) is 20.0 Å². The molecule has 25 heavy (non-hydrogen) atoms. The van der Waals surface area contributed by atoms with E-state index in [2.05, 4.69) is 18.3 Å². The quantitative estimate of drug-likeness (QED) is 0.875. The second-order valence-electron chi connectivity index (χ2n) is 6.30. The first-order chi connectivity index (χ1) is 12.1. The van der Waals surface area contributed by atoms with E-state index in [9.17, 15) is 4.79 Å². The number of ketones is 1. The van der Waals surface area contributed by atoms with Crippen molar-refractivity contribution >= 4 is 11.5 Å². The molecule has 1 aliphatic carbocycles. The van der Waals surface area contributed by atoms with Crippen LogP contribution in [0, 0.1) is 6.92 Å². The number of allylic oxidation sites excluding steroid dienone is 2. The number of methoxy groups -OCH3 is 2. The number of rotatable bonds is 5. The van der Waals surface area contributed by atoms with Gasteiger partial charge in [-0.2, -0.15) is 0 Å². The number of para-hydroxylation sites is 1. The van der Waals surface area contributed by atoms with Crippen molar-refractivity contribution in [3.63, 3.8) is 0 Å². The SMILES string of the molecule is COc1ccc([C@H]2CC(=O)C=C(Nc3ccccc3C)C2)cc1OC. The minimum Gasteiger partial charge on any atom is -0.493 e. The molecule has 0 heterocycles. The fraction of sp³-hybridized carbons (Fsp3) is 0.286. The van der Waals surface area contributed by atoms with Crippen molar-refractivity contribution in [2.45, 2.75) is 25.7 Å². The molecular formula is C21H23NO3. The first kappa shape index (κ1) is 17.1. The Kier molecular flexibility index (Phi) is 5.08. The molecule has 2 aromatic carbocycles. The van der Waals surface area contributed by atoms with Gasteiger partial charge in [0.2, 0.25) is 0 Å². The van der Waals surface area contributed by atoms with E-state index in [1.807, 2.05) is 36.4 Å². The summed E-state index contributed by atoms with van der Waals surface area (Å²) < 4.78 is 10.7. The van der Waals surface area contributed by atoms with Crippen LogP contribution >= 0.6 is 0 Å². The molecule has 0 fully saturated rings. The Hall–Kier alpha value is -2.75. The summed E-state index contributed by atoms with van der Waals surface area (Å²) in [5, 5.41) is 3.41. The minimum absolute atomic E-state index is 0.129. The zero-order valence-electron chi connectivity index (χ0n) is 14.8. The molecule has 3 rings (SSSR count). The predicted octanol–water partition coefficient (Wildman–Crippen LogP) is 4.45. The van der Waals surface area contributed by atoms with Gasteiger partial charge in [0, 0.05) is 23.9 Å². The third-order valence-electron chi connectivity index (χ3n) is 4.57. The average molecular weight is 337 g/mol. The van der Waals surface area contributed by atoms with E-state index in [1.54, 1.807) is 20.3 Å². The van der Waals surface area contributed by atoms with E-state index < -0.39 is 0 Å². The zero-order valence-corrected chi connectivity index (χ0v) is 14.8. The van der Waals surface area contributed by atoms with Crippen LogP contribution in [0.2, 0.25) is 0 Å². The van der Waals surface area contributed by atoms with E-state index in [0.29, 0.717) is 17.9 Å². The number of ether oxygens (including phenoxy) is 2. The van der Waals surface area contributed by atoms with Gasteiger partial charge in [0.25, 0.3) is 0 Å². The third kappa shape index (κ3) is 3.85. The van der Waals surface area contributed by atoms with Gasteiger partial charge in [-0.05, 0) is 48.6 Å². The summed E-state index contributed by atoms with van der Waals surface area (Å²) >= 11 is 0. The molecule has 0 amide bonds. The number of hydrogen-bond acceptors (Lipinski definition) is 4. The van der Waals surface area contributed by atoms with E-state index in [4.69, 9.17) is 9.47 Å². The van der Waals surface area contributed by atoms with Gasteiger partial charge >= 0.3 is 0 Å². The summed E-state index contributed by atoms with van der Waals surface area (Å²) in [6.07, 6.45) is 3.02. The lowest BCUT2D eigenvalue weighted by Gasteiger charge is -2.24. The smallest absolute Gasteiger partial charge is 0.160 e. The van der Waals surface area contributed by atoms with Gasteiger partial charge in [-0.1, -0.05) is 24.3 Å². The Balaban J connectivity index is 1.82. The van der Waals surface area contributed by atoms with Gasteiger partial charge in [0.15, 0.2) is 17.3 Å². The number of nitrogens with one attached hydrogen (secondary N) is 1. The lowest BCUT2D eigenvalue weighted by atomic mass is 9.85. The molecular weight excluding hydrogens is 314 g/mol. The predicted molar refractivity (Wildman–Crippen MR) is 99.4 cm³/mol. The normalized spacial score (nSPS) is 17.0. The molecule has 0 unspecified atom stereocenters. The second kappa shape index (κ2) is 7.43. The Labute approximate surface area is 148 Å². The van der Waals surface area contributed by atoms with Crippen LogP contribution in [-0.2, 0) is 4.79 Å². The Morgan fingerprint density at radius 1 is 1.00 bits per heavy atom. The molecule has 0 saturated carbocycles. The van der Waals surface area contributed by atoms with Gasteiger partial charge in [0.1, 0.15) is 0 Å². The van der Waals surface area contributed by atoms with Crippen molar-refractivity contribution in [2.75, 3.05) is 19.5 Å². The van der Waals surface area contributed by atoms with Crippen molar-refractivity contribution in [3.05, 3.63) is 65.4 Å². The van der Waals surface area contributed by atoms with Crippen molar-refractivity contribution in [3.8, 4) is 11.5 Å². The van der Waals surface area contributed by atoms with Crippen LogP contribution in [0.3, 0.4) is 0 Å². The molecule has 2 aromatic rings. The minimum atomic E-state index is 0.129. The maximum atomic E-state index is 12.2. The van der Waals surface area contributed by atoms with Gasteiger partial charge in [0.05, 0.1) is 14.2 Å². The number of benzene rings is 2. The van der Waals surface area contributed by atoms with E-state index in [-0.39, 0.29) is 11.7 Å². The molecule has 4 heteroatoms. The molecule has 1 aliphatic rings. The van der Waals surface area contributed by atoms with Crippen molar-refractivity contribution < 1.29 is 14.3 Å². The molecule has 1 N–H and O–H groups in total. The summed E-state index contributed by atoms with van der Waals surface area (Å²) in [6, 6.07) is 14.0. The standard InChI is InChI=1S/C21H23NO3/c1-14-6-4-5-7-19(14)22-17-10-16(11-18(23)13-17)15-8-9-20(24-2)21(12-15)25-3/h4-9,12-13,16,22H,10-11H2,1-3H3/t16-/m1/s1. The van der Waals surface area contributed by atoms with Crippen LogP contribution < -0.4 is 14.8 Å². The maximum absolute atomic E-state index is 12.2. The molecule has 0 radical (unpaired) electrons. The topological polar surface area (TPSA) is 47.6 Å². The van der Waals surface area contributed by atoms with Crippen LogP contribution in [0.4, 0.5) is 5.69 Å². The summed E-state index contributed by atoms with van der Waals surface area (Å²) in [4.78, 5) is 12.2. The first-order valence-corrected chi connectivity index (χ1v) is 8.38. The molecule has 130 valence electrons. The lowest BCUT2D eigenvalue weighted by molar-refractivity contribution is -0.115. The number of anilines is 1. The van der Waals surface area contributed by atoms with Gasteiger partial charge in [-0.3, -0.25) is 4.79 Å². The van der Waals surface area contributed by atoms with Crippen molar-refractivity contribution in [1.29, 1.82) is 0 Å². The first-order valence-electron chi connectivity index (χ1n) is 8.38. The van der Waals surface area contributed by atoms with Gasteiger partial charge in [-0.15, -0.1) is 0 Å². The monoisotopic (exact) mass is 337 g/mol. The van der Waals surface area contributed by atoms with E-state index >= 15 is 0 Å². The van der Waals surface area contributed by atoms with E-state index in [1.165, 1.54) is 0 Å². The lowest BCUT2D eigenvalue weighted by Crippen LogP contribution is -2.17. The van der Waals surface area contributed by atoms with Gasteiger partial charge in [-0.25, -0.2) is 0 Å². The highest BCUT2D eigenvalue weighted by Gasteiger charge is 2.23. The van der Waals surface area contributed by atoms with Crippen molar-refractivity contribution in [1.82, 2.24) is 0 Å². The fourth-order valence-electron chi connectivity index (χ4n) is 3.21. The Bertz CT molecular complexity index is 811. The highest BCUT2D eigenvalue weighted by molar-refractivity contribution is 5.92. The molecule has 0 bridgehead atoms. The van der Waals surface area contributed by atoms with Gasteiger partial charge < -0.3 is 14.8 Å². The summed E-state index contributed by atoms with van der Waals surface area (Å²) in [5.74, 6) is 1.66. The van der Waals surface area contributed by atoms with Crippen LogP contribution in [0.1, 0.15) is 29.9 Å².